The number of ether oxygens (including phenoxy) is 2. The molecule has 0 aromatic heterocycles. The minimum atomic E-state index is -0.367. The van der Waals surface area contributed by atoms with Gasteiger partial charge in [0.05, 0.1) is 18.8 Å². The molecule has 1 unspecified atom stereocenters. The lowest BCUT2D eigenvalue weighted by molar-refractivity contribution is 0.0120. The fourth-order valence-corrected chi connectivity index (χ4v) is 1.44. The zero-order chi connectivity index (χ0) is 13.4. The highest BCUT2D eigenvalue weighted by molar-refractivity contribution is 5.89. The molecule has 5 nitrogen and oxygen atoms in total. The molecule has 1 aromatic carbocycles. The third kappa shape index (κ3) is 4.73. The average Bonchev–Trinajstić information content (AvgIpc) is 2.37. The van der Waals surface area contributed by atoms with E-state index in [-0.39, 0.29) is 18.7 Å². The minimum Gasteiger partial charge on any atom is -0.457 e. The lowest BCUT2D eigenvalue weighted by Crippen LogP contribution is -2.19. The number of aliphatic hydroxyl groups is 1. The summed E-state index contributed by atoms with van der Waals surface area (Å²) in [6, 6.07) is 6.91. The first-order chi connectivity index (χ1) is 8.67. The first kappa shape index (κ1) is 14.5. The van der Waals surface area contributed by atoms with Crippen LogP contribution in [-0.2, 0) is 9.47 Å². The normalized spacial score (nSPS) is 11.9. The minimum absolute atomic E-state index is 0.0678. The Bertz CT molecular complexity index is 364. The first-order valence-electron chi connectivity index (χ1n) is 5.82. The summed E-state index contributed by atoms with van der Waals surface area (Å²) in [7, 11) is 1.56. The SMILES string of the molecule is COCC(C)OC(=O)c1ccc(NCCO)cc1. The van der Waals surface area contributed by atoms with Crippen molar-refractivity contribution in [1.29, 1.82) is 0 Å². The van der Waals surface area contributed by atoms with Crippen LogP contribution in [0.4, 0.5) is 5.69 Å². The number of nitrogens with one attached hydrogen (secondary N) is 1. The molecule has 18 heavy (non-hydrogen) atoms. The maximum Gasteiger partial charge on any atom is 0.338 e. The number of rotatable bonds is 7. The molecule has 1 rings (SSSR count). The molecule has 1 atom stereocenters. The molecule has 0 aliphatic heterocycles. The number of carbonyl (C=O) groups excluding carboxylic acids is 1. The predicted octanol–water partition coefficient (Wildman–Crippen LogP) is 1.28. The van der Waals surface area contributed by atoms with Gasteiger partial charge in [0, 0.05) is 19.3 Å². The Labute approximate surface area is 107 Å². The molecule has 1 aromatic rings. The highest BCUT2D eigenvalue weighted by Gasteiger charge is 2.11. The standard InChI is InChI=1S/C13H19NO4/c1-10(9-17-2)18-13(16)11-3-5-12(6-4-11)14-7-8-15/h3-6,10,14-15H,7-9H2,1-2H3. The van der Waals surface area contributed by atoms with Gasteiger partial charge in [0.1, 0.15) is 6.10 Å². The lowest BCUT2D eigenvalue weighted by Gasteiger charge is -2.12. The summed E-state index contributed by atoms with van der Waals surface area (Å²) in [6.45, 7) is 2.70. The predicted molar refractivity (Wildman–Crippen MR) is 68.8 cm³/mol. The van der Waals surface area contributed by atoms with Crippen molar-refractivity contribution >= 4 is 11.7 Å². The number of aliphatic hydroxyl groups excluding tert-OH is 1. The summed E-state index contributed by atoms with van der Waals surface area (Å²) in [5.41, 5.74) is 1.35. The third-order valence-corrected chi connectivity index (χ3v) is 2.27. The molecule has 100 valence electrons. The second-order valence-electron chi connectivity index (χ2n) is 3.90. The molecule has 0 heterocycles. The van der Waals surface area contributed by atoms with E-state index in [0.717, 1.165) is 5.69 Å². The summed E-state index contributed by atoms with van der Waals surface area (Å²) < 4.78 is 10.1. The summed E-state index contributed by atoms with van der Waals surface area (Å²) in [4.78, 5) is 11.7. The highest BCUT2D eigenvalue weighted by Crippen LogP contribution is 2.11. The van der Waals surface area contributed by atoms with E-state index in [1.165, 1.54) is 0 Å². The molecule has 0 spiro atoms. The van der Waals surface area contributed by atoms with Crippen molar-refractivity contribution in [3.63, 3.8) is 0 Å². The molecule has 0 amide bonds. The van der Waals surface area contributed by atoms with Crippen molar-refractivity contribution in [2.45, 2.75) is 13.0 Å². The Balaban J connectivity index is 2.53. The largest absolute Gasteiger partial charge is 0.457 e. The number of methoxy groups -OCH3 is 1. The highest BCUT2D eigenvalue weighted by atomic mass is 16.6. The zero-order valence-electron chi connectivity index (χ0n) is 10.7. The Morgan fingerprint density at radius 2 is 2.06 bits per heavy atom. The van der Waals surface area contributed by atoms with Gasteiger partial charge in [-0.25, -0.2) is 4.79 Å². The van der Waals surface area contributed by atoms with E-state index in [9.17, 15) is 4.79 Å². The van der Waals surface area contributed by atoms with Crippen LogP contribution in [0.25, 0.3) is 0 Å². The van der Waals surface area contributed by atoms with Crippen molar-refractivity contribution in [3.05, 3.63) is 29.8 Å². The number of carbonyl (C=O) groups is 1. The fourth-order valence-electron chi connectivity index (χ4n) is 1.44. The van der Waals surface area contributed by atoms with Crippen LogP contribution < -0.4 is 5.32 Å². The molecular weight excluding hydrogens is 234 g/mol. The van der Waals surface area contributed by atoms with Crippen LogP contribution in [0.1, 0.15) is 17.3 Å². The summed E-state index contributed by atoms with van der Waals surface area (Å²) in [6.07, 6.45) is -0.269. The van der Waals surface area contributed by atoms with Crippen molar-refractivity contribution in [3.8, 4) is 0 Å². The van der Waals surface area contributed by atoms with Gasteiger partial charge < -0.3 is 19.9 Å². The van der Waals surface area contributed by atoms with Crippen LogP contribution in [0.2, 0.25) is 0 Å². The first-order valence-corrected chi connectivity index (χ1v) is 5.82. The molecule has 0 aliphatic carbocycles. The second kappa shape index (κ2) is 7.68. The Morgan fingerprint density at radius 1 is 1.39 bits per heavy atom. The van der Waals surface area contributed by atoms with Gasteiger partial charge in [0.15, 0.2) is 0 Å². The Morgan fingerprint density at radius 3 is 2.61 bits per heavy atom. The van der Waals surface area contributed by atoms with Crippen LogP contribution in [0.5, 0.6) is 0 Å². The summed E-state index contributed by atoms with van der Waals surface area (Å²) in [5.74, 6) is -0.367. The molecule has 0 saturated carbocycles. The van der Waals surface area contributed by atoms with E-state index in [1.807, 2.05) is 0 Å². The number of hydrogen-bond acceptors (Lipinski definition) is 5. The average molecular weight is 253 g/mol. The topological polar surface area (TPSA) is 67.8 Å². The van der Waals surface area contributed by atoms with Crippen LogP contribution in [0, 0.1) is 0 Å². The molecule has 0 radical (unpaired) electrons. The number of hydrogen-bond donors (Lipinski definition) is 2. The molecular formula is C13H19NO4. The van der Waals surface area contributed by atoms with Gasteiger partial charge in [-0.3, -0.25) is 0 Å². The van der Waals surface area contributed by atoms with Gasteiger partial charge in [0.25, 0.3) is 0 Å². The van der Waals surface area contributed by atoms with Gasteiger partial charge in [-0.05, 0) is 31.2 Å². The van der Waals surface area contributed by atoms with Gasteiger partial charge in [-0.2, -0.15) is 0 Å². The Kier molecular flexibility index (Phi) is 6.18. The maximum atomic E-state index is 11.7. The van der Waals surface area contributed by atoms with Crippen molar-refractivity contribution < 1.29 is 19.4 Å². The summed E-state index contributed by atoms with van der Waals surface area (Å²) >= 11 is 0. The number of esters is 1. The third-order valence-electron chi connectivity index (χ3n) is 2.27. The second-order valence-corrected chi connectivity index (χ2v) is 3.90. The molecule has 0 fully saturated rings. The number of benzene rings is 1. The Hall–Kier alpha value is -1.59. The van der Waals surface area contributed by atoms with E-state index in [0.29, 0.717) is 18.7 Å². The van der Waals surface area contributed by atoms with E-state index >= 15 is 0 Å². The van der Waals surface area contributed by atoms with Crippen molar-refractivity contribution in [2.75, 3.05) is 32.2 Å². The molecule has 2 N–H and O–H groups in total. The number of anilines is 1. The van der Waals surface area contributed by atoms with Crippen molar-refractivity contribution in [1.82, 2.24) is 0 Å². The van der Waals surface area contributed by atoms with Crippen LogP contribution in [0.15, 0.2) is 24.3 Å². The molecule has 5 heteroatoms. The van der Waals surface area contributed by atoms with Crippen LogP contribution in [-0.4, -0.2) is 44.0 Å². The molecule has 0 saturated heterocycles. The zero-order valence-corrected chi connectivity index (χ0v) is 10.7. The van der Waals surface area contributed by atoms with Gasteiger partial charge in [-0.1, -0.05) is 0 Å². The fraction of sp³-hybridized carbons (Fsp3) is 0.462. The van der Waals surface area contributed by atoms with E-state index in [4.69, 9.17) is 14.6 Å². The van der Waals surface area contributed by atoms with Gasteiger partial charge >= 0.3 is 5.97 Å². The molecule has 0 bridgehead atoms. The van der Waals surface area contributed by atoms with Crippen molar-refractivity contribution in [2.24, 2.45) is 0 Å². The summed E-state index contributed by atoms with van der Waals surface area (Å²) in [5, 5.41) is 11.7. The van der Waals surface area contributed by atoms with E-state index < -0.39 is 0 Å². The quantitative estimate of drug-likeness (QED) is 0.716. The van der Waals surface area contributed by atoms with Gasteiger partial charge in [-0.15, -0.1) is 0 Å². The smallest absolute Gasteiger partial charge is 0.338 e. The lowest BCUT2D eigenvalue weighted by atomic mass is 10.2. The monoisotopic (exact) mass is 253 g/mol. The molecule has 0 aliphatic rings. The van der Waals surface area contributed by atoms with Crippen LogP contribution >= 0.6 is 0 Å². The van der Waals surface area contributed by atoms with Crippen LogP contribution in [0.3, 0.4) is 0 Å². The maximum absolute atomic E-state index is 11.7. The van der Waals surface area contributed by atoms with E-state index in [1.54, 1.807) is 38.3 Å². The van der Waals surface area contributed by atoms with E-state index in [2.05, 4.69) is 5.32 Å². The van der Waals surface area contributed by atoms with Gasteiger partial charge in [0.2, 0.25) is 0 Å².